The molecule has 0 N–H and O–H groups in total. The molecule has 2 aromatic carbocycles. The number of fused-ring (bicyclic) bond motifs is 1. The summed E-state index contributed by atoms with van der Waals surface area (Å²) in [6.07, 6.45) is 7.05. The summed E-state index contributed by atoms with van der Waals surface area (Å²) in [6, 6.07) is 14.6. The Balaban J connectivity index is 1.89. The maximum Gasteiger partial charge on any atom is 0.310 e. The highest BCUT2D eigenvalue weighted by atomic mass is 16.5. The van der Waals surface area contributed by atoms with Gasteiger partial charge in [-0.1, -0.05) is 48.4 Å². The van der Waals surface area contributed by atoms with Crippen LogP contribution in [-0.4, -0.2) is 12.6 Å². The molecule has 0 radical (unpaired) electrons. The molecule has 3 rings (SSSR count). The molecule has 0 amide bonds. The first-order valence-electron chi connectivity index (χ1n) is 6.89. The fourth-order valence-corrected chi connectivity index (χ4v) is 2.95. The second kappa shape index (κ2) is 5.38. The maximum atomic E-state index is 12.0. The fourth-order valence-electron chi connectivity index (χ4n) is 2.95. The number of terminal acetylenes is 1. The smallest absolute Gasteiger partial charge is 0.310 e. The maximum absolute atomic E-state index is 12.0. The molecule has 1 aliphatic carbocycles. The Labute approximate surface area is 118 Å². The van der Waals surface area contributed by atoms with E-state index in [4.69, 9.17) is 11.2 Å². The molecule has 1 saturated carbocycles. The van der Waals surface area contributed by atoms with Gasteiger partial charge >= 0.3 is 5.97 Å². The fraction of sp³-hybridized carbons (Fsp3) is 0.278. The van der Waals surface area contributed by atoms with Crippen molar-refractivity contribution >= 4 is 16.7 Å². The zero-order valence-corrected chi connectivity index (χ0v) is 11.2. The zero-order valence-electron chi connectivity index (χ0n) is 11.2. The quantitative estimate of drug-likeness (QED) is 0.626. The van der Waals surface area contributed by atoms with Crippen LogP contribution in [0.25, 0.3) is 10.8 Å². The second-order valence-corrected chi connectivity index (χ2v) is 5.17. The molecule has 0 aliphatic heterocycles. The Morgan fingerprint density at radius 3 is 2.75 bits per heavy atom. The number of carbonyl (C=O) groups excluding carboxylic acids is 1. The van der Waals surface area contributed by atoms with Gasteiger partial charge in [-0.3, -0.25) is 4.79 Å². The van der Waals surface area contributed by atoms with E-state index in [0.29, 0.717) is 0 Å². The summed E-state index contributed by atoms with van der Waals surface area (Å²) in [5, 5.41) is 2.45. The van der Waals surface area contributed by atoms with Crippen LogP contribution in [0.4, 0.5) is 0 Å². The lowest BCUT2D eigenvalue weighted by Crippen LogP contribution is -2.32. The number of ether oxygens (including phenoxy) is 1. The molecular formula is C18H16O2. The molecule has 0 heterocycles. The molecular weight excluding hydrogens is 248 g/mol. The molecule has 20 heavy (non-hydrogen) atoms. The van der Waals surface area contributed by atoms with Crippen molar-refractivity contribution in [2.24, 2.45) is 5.92 Å². The standard InChI is InChI=1S/C18H16O2/c1-2-12-20-18(19)17-11-10-16(17)15-9-5-7-13-6-3-4-8-14(13)15/h1,3-9,16-17H,10-12H2. The molecule has 0 spiro atoms. The SMILES string of the molecule is C#CCOC(=O)C1CCC1c1cccc2ccccc12. The predicted molar refractivity (Wildman–Crippen MR) is 79.2 cm³/mol. The highest BCUT2D eigenvalue weighted by Crippen LogP contribution is 2.45. The van der Waals surface area contributed by atoms with E-state index in [2.05, 4.69) is 36.3 Å². The molecule has 100 valence electrons. The van der Waals surface area contributed by atoms with Crippen molar-refractivity contribution in [3.05, 3.63) is 48.0 Å². The molecule has 2 aromatic rings. The molecule has 2 atom stereocenters. The van der Waals surface area contributed by atoms with Crippen molar-refractivity contribution in [2.75, 3.05) is 6.61 Å². The van der Waals surface area contributed by atoms with E-state index >= 15 is 0 Å². The lowest BCUT2D eigenvalue weighted by molar-refractivity contribution is -0.151. The highest BCUT2D eigenvalue weighted by molar-refractivity contribution is 5.87. The summed E-state index contributed by atoms with van der Waals surface area (Å²) in [4.78, 5) is 12.0. The molecule has 1 fully saturated rings. The van der Waals surface area contributed by atoms with Crippen molar-refractivity contribution in [3.63, 3.8) is 0 Å². The number of hydrogen-bond acceptors (Lipinski definition) is 2. The van der Waals surface area contributed by atoms with Crippen LogP contribution >= 0.6 is 0 Å². The van der Waals surface area contributed by atoms with Crippen LogP contribution in [0, 0.1) is 18.3 Å². The van der Waals surface area contributed by atoms with Gasteiger partial charge in [-0.2, -0.15) is 0 Å². The third-order valence-corrected chi connectivity index (χ3v) is 4.10. The summed E-state index contributed by atoms with van der Waals surface area (Å²) in [6.45, 7) is 0.0671. The van der Waals surface area contributed by atoms with Gasteiger partial charge in [0.15, 0.2) is 6.61 Å². The second-order valence-electron chi connectivity index (χ2n) is 5.17. The van der Waals surface area contributed by atoms with E-state index in [-0.39, 0.29) is 24.4 Å². The molecule has 0 saturated heterocycles. The van der Waals surface area contributed by atoms with Gasteiger partial charge in [0.2, 0.25) is 0 Å². The van der Waals surface area contributed by atoms with Crippen molar-refractivity contribution in [3.8, 4) is 12.3 Å². The van der Waals surface area contributed by atoms with E-state index in [1.807, 2.05) is 12.1 Å². The molecule has 2 unspecified atom stereocenters. The normalized spacial score (nSPS) is 20.9. The summed E-state index contributed by atoms with van der Waals surface area (Å²) >= 11 is 0. The van der Waals surface area contributed by atoms with Crippen LogP contribution in [0.3, 0.4) is 0 Å². The first-order chi connectivity index (χ1) is 9.81. The third kappa shape index (κ3) is 2.16. The van der Waals surface area contributed by atoms with Crippen LogP contribution in [0.15, 0.2) is 42.5 Å². The molecule has 0 bridgehead atoms. The summed E-state index contributed by atoms with van der Waals surface area (Å²) in [5.41, 5.74) is 1.25. The van der Waals surface area contributed by atoms with E-state index in [1.54, 1.807) is 0 Å². The van der Waals surface area contributed by atoms with Crippen molar-refractivity contribution in [1.29, 1.82) is 0 Å². The summed E-state index contributed by atoms with van der Waals surface area (Å²) in [7, 11) is 0. The number of benzene rings is 2. The minimum absolute atomic E-state index is 0.0471. The molecule has 0 aromatic heterocycles. The topological polar surface area (TPSA) is 26.3 Å². The van der Waals surface area contributed by atoms with Gasteiger partial charge in [-0.25, -0.2) is 0 Å². The Hall–Kier alpha value is -2.27. The zero-order chi connectivity index (χ0) is 13.9. The van der Waals surface area contributed by atoms with E-state index in [9.17, 15) is 4.79 Å². The van der Waals surface area contributed by atoms with E-state index in [0.717, 1.165) is 12.8 Å². The summed E-state index contributed by atoms with van der Waals surface area (Å²) < 4.78 is 5.08. The monoisotopic (exact) mass is 264 g/mol. The van der Waals surface area contributed by atoms with Gasteiger partial charge in [0, 0.05) is 0 Å². The van der Waals surface area contributed by atoms with Crippen molar-refractivity contribution < 1.29 is 9.53 Å². The van der Waals surface area contributed by atoms with Crippen LogP contribution in [0.5, 0.6) is 0 Å². The minimum atomic E-state index is -0.160. The highest BCUT2D eigenvalue weighted by Gasteiger charge is 2.39. The Morgan fingerprint density at radius 2 is 2.00 bits per heavy atom. The third-order valence-electron chi connectivity index (χ3n) is 4.10. The molecule has 1 aliphatic rings. The van der Waals surface area contributed by atoms with Gasteiger partial charge in [-0.05, 0) is 35.1 Å². The lowest BCUT2D eigenvalue weighted by Gasteiger charge is -2.35. The predicted octanol–water partition coefficient (Wildman–Crippen LogP) is 3.51. The lowest BCUT2D eigenvalue weighted by atomic mass is 9.69. The van der Waals surface area contributed by atoms with Gasteiger partial charge in [0.05, 0.1) is 5.92 Å². The number of rotatable bonds is 3. The van der Waals surface area contributed by atoms with Crippen LogP contribution in [0.1, 0.15) is 24.3 Å². The average molecular weight is 264 g/mol. The number of carbonyl (C=O) groups is 1. The molecule has 2 nitrogen and oxygen atoms in total. The summed E-state index contributed by atoms with van der Waals surface area (Å²) in [5.74, 6) is 2.39. The minimum Gasteiger partial charge on any atom is -0.452 e. The van der Waals surface area contributed by atoms with Crippen LogP contribution in [-0.2, 0) is 9.53 Å². The van der Waals surface area contributed by atoms with E-state index in [1.165, 1.54) is 16.3 Å². The van der Waals surface area contributed by atoms with Crippen LogP contribution < -0.4 is 0 Å². The average Bonchev–Trinajstić information content (AvgIpc) is 2.44. The Kier molecular flexibility index (Phi) is 3.43. The Bertz CT molecular complexity index is 676. The van der Waals surface area contributed by atoms with Crippen molar-refractivity contribution in [2.45, 2.75) is 18.8 Å². The molecule has 2 heteroatoms. The number of esters is 1. The first-order valence-corrected chi connectivity index (χ1v) is 6.89. The van der Waals surface area contributed by atoms with E-state index < -0.39 is 0 Å². The van der Waals surface area contributed by atoms with Gasteiger partial charge in [0.1, 0.15) is 0 Å². The van der Waals surface area contributed by atoms with Gasteiger partial charge in [-0.15, -0.1) is 6.42 Å². The largest absolute Gasteiger partial charge is 0.452 e. The van der Waals surface area contributed by atoms with Gasteiger partial charge in [0.25, 0.3) is 0 Å². The van der Waals surface area contributed by atoms with Crippen LogP contribution in [0.2, 0.25) is 0 Å². The number of hydrogen-bond donors (Lipinski definition) is 0. The Morgan fingerprint density at radius 1 is 1.20 bits per heavy atom. The first kappa shape index (κ1) is 12.7. The van der Waals surface area contributed by atoms with Gasteiger partial charge < -0.3 is 4.74 Å². The van der Waals surface area contributed by atoms with Crippen molar-refractivity contribution in [1.82, 2.24) is 0 Å².